The molecule has 0 aromatic heterocycles. The zero-order valence-corrected chi connectivity index (χ0v) is 15.7. The number of nitrogens with one attached hydrogen (secondary N) is 2. The van der Waals surface area contributed by atoms with Crippen molar-refractivity contribution >= 4 is 24.2 Å². The van der Waals surface area contributed by atoms with Gasteiger partial charge in [0.2, 0.25) is 11.8 Å². The Hall–Kier alpha value is -1.73. The minimum absolute atomic E-state index is 0. The van der Waals surface area contributed by atoms with Crippen molar-refractivity contribution in [3.05, 3.63) is 35.4 Å². The van der Waals surface area contributed by atoms with Gasteiger partial charge in [-0.1, -0.05) is 0 Å². The van der Waals surface area contributed by atoms with Crippen LogP contribution >= 0.6 is 12.4 Å². The molecule has 3 fully saturated rings. The van der Waals surface area contributed by atoms with Crippen LogP contribution in [0, 0.1) is 23.5 Å². The fourth-order valence-electron chi connectivity index (χ4n) is 4.82. The number of fused-ring (bicyclic) bond motifs is 4. The molecule has 0 aliphatic carbocycles. The third kappa shape index (κ3) is 3.80. The van der Waals surface area contributed by atoms with Crippen molar-refractivity contribution in [1.29, 1.82) is 0 Å². The third-order valence-corrected chi connectivity index (χ3v) is 5.97. The lowest BCUT2D eigenvalue weighted by atomic mass is 9.72. The second kappa shape index (κ2) is 8.10. The summed E-state index contributed by atoms with van der Waals surface area (Å²) < 4.78 is 27.1. The number of benzene rings is 1. The van der Waals surface area contributed by atoms with Crippen molar-refractivity contribution < 1.29 is 18.4 Å². The van der Waals surface area contributed by atoms with E-state index in [0.29, 0.717) is 18.9 Å². The summed E-state index contributed by atoms with van der Waals surface area (Å²) in [5.41, 5.74) is 0.107. The Morgan fingerprint density at radius 1 is 1.26 bits per heavy atom. The molecular formula is C19H24ClF2N3O2. The summed E-state index contributed by atoms with van der Waals surface area (Å²) >= 11 is 0. The van der Waals surface area contributed by atoms with Crippen molar-refractivity contribution in [3.63, 3.8) is 0 Å². The van der Waals surface area contributed by atoms with E-state index in [1.807, 2.05) is 0 Å². The van der Waals surface area contributed by atoms with E-state index in [1.165, 1.54) is 0 Å². The highest BCUT2D eigenvalue weighted by atomic mass is 35.5. The summed E-state index contributed by atoms with van der Waals surface area (Å²) in [7, 11) is 0. The molecule has 3 saturated heterocycles. The van der Waals surface area contributed by atoms with Gasteiger partial charge in [-0.25, -0.2) is 8.78 Å². The van der Waals surface area contributed by atoms with Crippen molar-refractivity contribution in [3.8, 4) is 0 Å². The number of carbonyl (C=O) groups excluding carboxylic acids is 2. The molecule has 0 radical (unpaired) electrons. The van der Waals surface area contributed by atoms with Crippen LogP contribution in [-0.2, 0) is 16.1 Å². The second-order valence-corrected chi connectivity index (χ2v) is 7.57. The van der Waals surface area contributed by atoms with Crippen molar-refractivity contribution in [1.82, 2.24) is 15.5 Å². The minimum atomic E-state index is -0.554. The van der Waals surface area contributed by atoms with Crippen LogP contribution < -0.4 is 10.6 Å². The summed E-state index contributed by atoms with van der Waals surface area (Å²) in [5.74, 6) is -0.885. The molecule has 0 spiro atoms. The average molecular weight is 400 g/mol. The molecule has 27 heavy (non-hydrogen) atoms. The molecule has 5 nitrogen and oxygen atoms in total. The molecule has 4 rings (SSSR count). The third-order valence-electron chi connectivity index (χ3n) is 5.97. The van der Waals surface area contributed by atoms with Gasteiger partial charge in [0, 0.05) is 37.0 Å². The zero-order valence-electron chi connectivity index (χ0n) is 14.9. The van der Waals surface area contributed by atoms with E-state index in [-0.39, 0.29) is 48.3 Å². The summed E-state index contributed by atoms with van der Waals surface area (Å²) in [6.45, 7) is 1.49. The standard InChI is InChI=1S/C19H23F2N3O2.ClH/c20-14-4-5-15(21)11(7-14)10-23-19(26)18-13-6-12(8-22-9-13)16-2-1-3-17(25)24(16)18;/h4-5,7,12-13,16,18,22H,1-3,6,8-10H2,(H,23,26);1H/t12-,13+,16+,18-;/m1./s1. The Kier molecular flexibility index (Phi) is 6.01. The molecule has 2 bridgehead atoms. The van der Waals surface area contributed by atoms with Crippen LogP contribution in [0.5, 0.6) is 0 Å². The molecule has 0 unspecified atom stereocenters. The first kappa shape index (κ1) is 20.0. The maximum absolute atomic E-state index is 13.8. The highest BCUT2D eigenvalue weighted by Gasteiger charge is 2.50. The topological polar surface area (TPSA) is 61.4 Å². The lowest BCUT2D eigenvalue weighted by Gasteiger charge is -2.53. The maximum atomic E-state index is 13.8. The van der Waals surface area contributed by atoms with Crippen LogP contribution in [0.25, 0.3) is 0 Å². The predicted molar refractivity (Wildman–Crippen MR) is 98.2 cm³/mol. The number of piperidine rings is 3. The molecule has 2 amide bonds. The first-order valence-electron chi connectivity index (χ1n) is 9.28. The Labute approximate surface area is 163 Å². The molecule has 8 heteroatoms. The lowest BCUT2D eigenvalue weighted by molar-refractivity contribution is -0.157. The predicted octanol–water partition coefficient (Wildman–Crippen LogP) is 1.99. The first-order chi connectivity index (χ1) is 12.5. The van der Waals surface area contributed by atoms with Gasteiger partial charge >= 0.3 is 0 Å². The maximum Gasteiger partial charge on any atom is 0.243 e. The van der Waals surface area contributed by atoms with Crippen LogP contribution in [-0.4, -0.2) is 41.9 Å². The fraction of sp³-hybridized carbons (Fsp3) is 0.579. The van der Waals surface area contributed by atoms with Gasteiger partial charge in [-0.15, -0.1) is 12.4 Å². The van der Waals surface area contributed by atoms with Gasteiger partial charge in [-0.05, 0) is 49.9 Å². The number of hydrogen-bond acceptors (Lipinski definition) is 3. The SMILES string of the molecule is Cl.O=C(NCc1cc(F)ccc1F)[C@H]1[C@@H]2CNC[C@@H](C2)[C@@H]2CCCC(=O)N21. The van der Waals surface area contributed by atoms with Crippen molar-refractivity contribution in [2.24, 2.45) is 11.8 Å². The Morgan fingerprint density at radius 3 is 2.85 bits per heavy atom. The van der Waals surface area contributed by atoms with Crippen LogP contribution in [0.1, 0.15) is 31.2 Å². The summed E-state index contributed by atoms with van der Waals surface area (Å²) in [6.07, 6.45) is 3.19. The summed E-state index contributed by atoms with van der Waals surface area (Å²) in [4.78, 5) is 27.3. The molecule has 3 aliphatic heterocycles. The summed E-state index contributed by atoms with van der Waals surface area (Å²) in [5, 5.41) is 6.11. The quantitative estimate of drug-likeness (QED) is 0.817. The van der Waals surface area contributed by atoms with Crippen LogP contribution in [0.3, 0.4) is 0 Å². The fourth-order valence-corrected chi connectivity index (χ4v) is 4.82. The number of carbonyl (C=O) groups is 2. The second-order valence-electron chi connectivity index (χ2n) is 7.57. The van der Waals surface area contributed by atoms with Crippen molar-refractivity contribution in [2.75, 3.05) is 13.1 Å². The monoisotopic (exact) mass is 399 g/mol. The molecule has 3 aliphatic rings. The highest BCUT2D eigenvalue weighted by molar-refractivity contribution is 5.89. The van der Waals surface area contributed by atoms with Gasteiger partial charge in [0.1, 0.15) is 17.7 Å². The van der Waals surface area contributed by atoms with Gasteiger partial charge in [0.15, 0.2) is 0 Å². The minimum Gasteiger partial charge on any atom is -0.350 e. The van der Waals surface area contributed by atoms with E-state index >= 15 is 0 Å². The van der Waals surface area contributed by atoms with Crippen molar-refractivity contribution in [2.45, 2.75) is 44.3 Å². The number of rotatable bonds is 3. The van der Waals surface area contributed by atoms with Gasteiger partial charge in [0.05, 0.1) is 0 Å². The van der Waals surface area contributed by atoms with Crippen LogP contribution in [0.4, 0.5) is 8.78 Å². The molecule has 1 aromatic rings. The van der Waals surface area contributed by atoms with Gasteiger partial charge < -0.3 is 15.5 Å². The van der Waals surface area contributed by atoms with E-state index < -0.39 is 17.7 Å². The number of hydrogen-bond donors (Lipinski definition) is 2. The molecular weight excluding hydrogens is 376 g/mol. The van der Waals surface area contributed by atoms with E-state index in [2.05, 4.69) is 10.6 Å². The van der Waals surface area contributed by atoms with Crippen LogP contribution in [0.15, 0.2) is 18.2 Å². The van der Waals surface area contributed by atoms with Gasteiger partial charge in [-0.2, -0.15) is 0 Å². The highest BCUT2D eigenvalue weighted by Crippen LogP contribution is 2.39. The number of nitrogens with zero attached hydrogens (tertiary/aromatic N) is 1. The molecule has 148 valence electrons. The van der Waals surface area contributed by atoms with E-state index in [1.54, 1.807) is 4.90 Å². The molecule has 4 atom stereocenters. The molecule has 1 aromatic carbocycles. The Balaban J connectivity index is 0.00000210. The average Bonchev–Trinajstić information content (AvgIpc) is 2.63. The van der Waals surface area contributed by atoms with Gasteiger partial charge in [-0.3, -0.25) is 9.59 Å². The summed E-state index contributed by atoms with van der Waals surface area (Å²) in [6, 6.07) is 2.75. The smallest absolute Gasteiger partial charge is 0.243 e. The zero-order chi connectivity index (χ0) is 18.3. The molecule has 0 saturated carbocycles. The number of halogens is 3. The van der Waals surface area contributed by atoms with E-state index in [4.69, 9.17) is 0 Å². The molecule has 3 heterocycles. The Bertz CT molecular complexity index is 733. The largest absolute Gasteiger partial charge is 0.350 e. The number of amides is 2. The Morgan fingerprint density at radius 2 is 2.04 bits per heavy atom. The van der Waals surface area contributed by atoms with Crippen LogP contribution in [0.2, 0.25) is 0 Å². The normalized spacial score (nSPS) is 29.6. The van der Waals surface area contributed by atoms with E-state index in [0.717, 1.165) is 44.0 Å². The molecule has 2 N–H and O–H groups in total. The van der Waals surface area contributed by atoms with Gasteiger partial charge in [0.25, 0.3) is 0 Å². The van der Waals surface area contributed by atoms with E-state index in [9.17, 15) is 18.4 Å². The lowest BCUT2D eigenvalue weighted by Crippen LogP contribution is -2.67. The first-order valence-corrected chi connectivity index (χ1v) is 9.28.